The second-order valence-corrected chi connectivity index (χ2v) is 6.96. The molecular formula is C24H20N2O2. The number of aryl methyl sites for hydroxylation is 1. The van der Waals surface area contributed by atoms with Crippen LogP contribution in [0.2, 0.25) is 0 Å². The van der Waals surface area contributed by atoms with Crippen molar-refractivity contribution in [2.75, 3.05) is 0 Å². The van der Waals surface area contributed by atoms with Gasteiger partial charge in [0.15, 0.2) is 0 Å². The first-order valence-electron chi connectivity index (χ1n) is 9.67. The third-order valence-electron chi connectivity index (χ3n) is 5.06. The minimum atomic E-state index is 0.569. The molecule has 0 atom stereocenters. The minimum absolute atomic E-state index is 0.569. The summed E-state index contributed by atoms with van der Waals surface area (Å²) in [5.74, 6) is 1.27. The molecule has 3 aromatic carbocycles. The molecule has 4 nitrogen and oxygen atoms in total. The molecule has 0 unspecified atom stereocenters. The summed E-state index contributed by atoms with van der Waals surface area (Å²) in [4.78, 5) is 0. The summed E-state index contributed by atoms with van der Waals surface area (Å²) in [5, 5.41) is 10.6. The van der Waals surface area contributed by atoms with E-state index in [9.17, 15) is 0 Å². The molecule has 0 amide bonds. The quantitative estimate of drug-likeness (QED) is 0.349. The number of nitrogens with zero attached hydrogens (tertiary/aromatic N) is 2. The highest BCUT2D eigenvalue weighted by atomic mass is 16.4. The van der Waals surface area contributed by atoms with Gasteiger partial charge in [0, 0.05) is 28.3 Å². The number of hydrogen-bond donors (Lipinski definition) is 0. The zero-order valence-corrected chi connectivity index (χ0v) is 15.7. The number of aromatic nitrogens is 2. The maximum absolute atomic E-state index is 6.15. The Bertz CT molecular complexity index is 1250. The van der Waals surface area contributed by atoms with Gasteiger partial charge >= 0.3 is 0 Å². The van der Waals surface area contributed by atoms with Gasteiger partial charge < -0.3 is 8.83 Å². The molecular weight excluding hydrogens is 348 g/mol. The van der Waals surface area contributed by atoms with Gasteiger partial charge in [0.1, 0.15) is 11.2 Å². The predicted octanol–water partition coefficient (Wildman–Crippen LogP) is 6.65. The summed E-state index contributed by atoms with van der Waals surface area (Å²) in [7, 11) is 0. The molecule has 0 saturated heterocycles. The van der Waals surface area contributed by atoms with Crippen LogP contribution < -0.4 is 0 Å². The summed E-state index contributed by atoms with van der Waals surface area (Å²) in [6, 6.07) is 22.6. The average molecular weight is 368 g/mol. The molecule has 0 bridgehead atoms. The Balaban J connectivity index is 1.51. The van der Waals surface area contributed by atoms with E-state index in [1.165, 1.54) is 0 Å². The highest BCUT2D eigenvalue weighted by Gasteiger charge is 2.13. The van der Waals surface area contributed by atoms with E-state index in [-0.39, 0.29) is 0 Å². The van der Waals surface area contributed by atoms with Crippen molar-refractivity contribution >= 4 is 21.9 Å². The number of rotatable bonds is 5. The van der Waals surface area contributed by atoms with Gasteiger partial charge in [-0.15, -0.1) is 10.2 Å². The van der Waals surface area contributed by atoms with Gasteiger partial charge in [-0.05, 0) is 30.2 Å². The first-order valence-corrected chi connectivity index (χ1v) is 9.67. The zero-order valence-electron chi connectivity index (χ0n) is 15.7. The van der Waals surface area contributed by atoms with Gasteiger partial charge in [-0.2, -0.15) is 0 Å². The van der Waals surface area contributed by atoms with Gasteiger partial charge in [0.2, 0.25) is 11.8 Å². The van der Waals surface area contributed by atoms with E-state index in [1.54, 1.807) is 0 Å². The molecule has 0 fully saturated rings. The number of hydrogen-bond acceptors (Lipinski definition) is 4. The Hall–Kier alpha value is -3.40. The van der Waals surface area contributed by atoms with Crippen LogP contribution in [0, 0.1) is 0 Å². The Labute approximate surface area is 162 Å². The van der Waals surface area contributed by atoms with Crippen LogP contribution in [-0.2, 0) is 6.42 Å². The van der Waals surface area contributed by atoms with Crippen molar-refractivity contribution in [1.82, 2.24) is 10.2 Å². The summed E-state index contributed by atoms with van der Waals surface area (Å²) < 4.78 is 11.9. The molecule has 0 aliphatic rings. The topological polar surface area (TPSA) is 52.1 Å². The fourth-order valence-corrected chi connectivity index (χ4v) is 3.57. The van der Waals surface area contributed by atoms with Crippen molar-refractivity contribution in [3.05, 3.63) is 72.6 Å². The molecule has 28 heavy (non-hydrogen) atoms. The Kier molecular flexibility index (Phi) is 4.17. The van der Waals surface area contributed by atoms with Crippen LogP contribution >= 0.6 is 0 Å². The first kappa shape index (κ1) is 16.8. The van der Waals surface area contributed by atoms with Crippen LogP contribution in [0.4, 0.5) is 0 Å². The molecule has 0 aliphatic carbocycles. The molecule has 0 aliphatic heterocycles. The van der Waals surface area contributed by atoms with Crippen molar-refractivity contribution in [3.8, 4) is 22.6 Å². The van der Waals surface area contributed by atoms with E-state index >= 15 is 0 Å². The SMILES string of the molecule is CCCCc1nnc(-c2ccc(-c3cccc4c3oc3ccccc34)cc2)o1. The minimum Gasteiger partial charge on any atom is -0.455 e. The smallest absolute Gasteiger partial charge is 0.247 e. The van der Waals surface area contributed by atoms with Crippen LogP contribution in [0.15, 0.2) is 75.6 Å². The lowest BCUT2D eigenvalue weighted by Gasteiger charge is -2.03. The lowest BCUT2D eigenvalue weighted by Crippen LogP contribution is -1.83. The van der Waals surface area contributed by atoms with Crippen LogP contribution in [0.3, 0.4) is 0 Å². The van der Waals surface area contributed by atoms with Gasteiger partial charge in [-0.3, -0.25) is 0 Å². The number of fused-ring (bicyclic) bond motifs is 3. The summed E-state index contributed by atoms with van der Waals surface area (Å²) in [6.07, 6.45) is 3.00. The highest BCUT2D eigenvalue weighted by Crippen LogP contribution is 2.36. The third kappa shape index (κ3) is 2.87. The summed E-state index contributed by atoms with van der Waals surface area (Å²) >= 11 is 0. The second-order valence-electron chi connectivity index (χ2n) is 6.96. The number of unbranched alkanes of at least 4 members (excludes halogenated alkanes) is 1. The lowest BCUT2D eigenvalue weighted by molar-refractivity contribution is 0.496. The fraction of sp³-hybridized carbons (Fsp3) is 0.167. The predicted molar refractivity (Wildman–Crippen MR) is 111 cm³/mol. The largest absolute Gasteiger partial charge is 0.455 e. The molecule has 2 heterocycles. The molecule has 4 heteroatoms. The van der Waals surface area contributed by atoms with Gasteiger partial charge in [0.25, 0.3) is 0 Å². The standard InChI is InChI=1S/C24H20N2O2/c1-2-3-11-22-25-26-24(28-22)17-14-12-16(13-15-17)18-8-6-9-20-19-7-4-5-10-21(19)27-23(18)20/h4-10,12-15H,2-3,11H2,1H3. The zero-order chi connectivity index (χ0) is 18.9. The van der Waals surface area contributed by atoms with Crippen molar-refractivity contribution < 1.29 is 8.83 Å². The number of furan rings is 1. The third-order valence-corrected chi connectivity index (χ3v) is 5.06. The normalized spacial score (nSPS) is 11.5. The van der Waals surface area contributed by atoms with E-state index in [0.717, 1.165) is 57.9 Å². The maximum Gasteiger partial charge on any atom is 0.247 e. The van der Waals surface area contributed by atoms with Gasteiger partial charge in [-0.25, -0.2) is 0 Å². The average Bonchev–Trinajstić information content (AvgIpc) is 3.37. The monoisotopic (exact) mass is 368 g/mol. The van der Waals surface area contributed by atoms with Crippen LogP contribution in [0.1, 0.15) is 25.7 Å². The van der Waals surface area contributed by atoms with Crippen LogP contribution in [0.25, 0.3) is 44.5 Å². The fourth-order valence-electron chi connectivity index (χ4n) is 3.57. The summed E-state index contributed by atoms with van der Waals surface area (Å²) in [5.41, 5.74) is 4.92. The maximum atomic E-state index is 6.15. The van der Waals surface area contributed by atoms with E-state index < -0.39 is 0 Å². The molecule has 0 spiro atoms. The second kappa shape index (κ2) is 6.97. The molecule has 2 aromatic heterocycles. The van der Waals surface area contributed by atoms with Crippen molar-refractivity contribution in [1.29, 1.82) is 0 Å². The molecule has 0 radical (unpaired) electrons. The van der Waals surface area contributed by atoms with E-state index in [2.05, 4.69) is 53.5 Å². The van der Waals surface area contributed by atoms with E-state index in [1.807, 2.05) is 30.3 Å². The first-order chi connectivity index (χ1) is 13.8. The Morgan fingerprint density at radius 1 is 0.750 bits per heavy atom. The van der Waals surface area contributed by atoms with Crippen LogP contribution in [-0.4, -0.2) is 10.2 Å². The molecule has 138 valence electrons. The van der Waals surface area contributed by atoms with E-state index in [4.69, 9.17) is 8.83 Å². The number of benzene rings is 3. The van der Waals surface area contributed by atoms with E-state index in [0.29, 0.717) is 11.8 Å². The molecule has 5 aromatic rings. The Morgan fingerprint density at radius 2 is 1.54 bits per heavy atom. The van der Waals surface area contributed by atoms with Crippen molar-refractivity contribution in [3.63, 3.8) is 0 Å². The number of para-hydroxylation sites is 2. The van der Waals surface area contributed by atoms with Crippen molar-refractivity contribution in [2.45, 2.75) is 26.2 Å². The highest BCUT2D eigenvalue weighted by molar-refractivity contribution is 6.09. The Morgan fingerprint density at radius 3 is 2.39 bits per heavy atom. The molecule has 0 N–H and O–H groups in total. The lowest BCUT2D eigenvalue weighted by atomic mass is 10.0. The van der Waals surface area contributed by atoms with Crippen LogP contribution in [0.5, 0.6) is 0 Å². The summed E-state index contributed by atoms with van der Waals surface area (Å²) in [6.45, 7) is 2.15. The van der Waals surface area contributed by atoms with Gasteiger partial charge in [0.05, 0.1) is 0 Å². The van der Waals surface area contributed by atoms with Gasteiger partial charge in [-0.1, -0.05) is 61.9 Å². The van der Waals surface area contributed by atoms with Crippen molar-refractivity contribution in [2.24, 2.45) is 0 Å². The molecule has 0 saturated carbocycles. The molecule has 5 rings (SSSR count).